The number of hydrogen-bond acceptors (Lipinski definition) is 3. The lowest BCUT2D eigenvalue weighted by Gasteiger charge is -2.27. The van der Waals surface area contributed by atoms with Crippen LogP contribution in [-0.2, 0) is 16.0 Å². The first-order valence-electron chi connectivity index (χ1n) is 5.92. The highest BCUT2D eigenvalue weighted by atomic mass is 16.4. The van der Waals surface area contributed by atoms with Gasteiger partial charge in [-0.2, -0.15) is 0 Å². The second-order valence-corrected chi connectivity index (χ2v) is 4.50. The third-order valence-electron chi connectivity index (χ3n) is 2.98. The summed E-state index contributed by atoms with van der Waals surface area (Å²) in [6.07, 6.45) is 1.55. The standard InChI is InChI=1S/C13H16N2O3/c1-15-8-12(16)14-10-6-5-9(7-11(10)15)3-2-4-13(17)18/h5-7H,2-4,8H2,1H3,(H,14,16)(H,17,18). The summed E-state index contributed by atoms with van der Waals surface area (Å²) in [7, 11) is 1.87. The Kier molecular flexibility index (Phi) is 3.50. The van der Waals surface area contributed by atoms with Crippen LogP contribution in [0.25, 0.3) is 0 Å². The number of carboxylic acid groups (broad SMARTS) is 1. The number of anilines is 2. The summed E-state index contributed by atoms with van der Waals surface area (Å²) in [5.74, 6) is -0.777. The molecule has 0 atom stereocenters. The molecule has 1 aliphatic heterocycles. The highest BCUT2D eigenvalue weighted by Crippen LogP contribution is 2.29. The quantitative estimate of drug-likeness (QED) is 0.846. The van der Waals surface area contributed by atoms with Crippen LogP contribution in [0.5, 0.6) is 0 Å². The molecule has 0 saturated carbocycles. The number of carbonyl (C=O) groups excluding carboxylic acids is 1. The Morgan fingerprint density at radius 1 is 1.50 bits per heavy atom. The van der Waals surface area contributed by atoms with Crippen molar-refractivity contribution >= 4 is 23.3 Å². The van der Waals surface area contributed by atoms with E-state index in [1.165, 1.54) is 0 Å². The minimum atomic E-state index is -0.766. The summed E-state index contributed by atoms with van der Waals surface area (Å²) in [6, 6.07) is 5.82. The zero-order valence-corrected chi connectivity index (χ0v) is 10.3. The van der Waals surface area contributed by atoms with Gasteiger partial charge in [0.15, 0.2) is 0 Å². The maximum atomic E-state index is 11.4. The van der Waals surface area contributed by atoms with E-state index in [1.54, 1.807) is 0 Å². The first kappa shape index (κ1) is 12.4. The lowest BCUT2D eigenvalue weighted by molar-refractivity contribution is -0.137. The number of fused-ring (bicyclic) bond motifs is 1. The van der Waals surface area contributed by atoms with Crippen molar-refractivity contribution in [3.05, 3.63) is 23.8 Å². The monoisotopic (exact) mass is 248 g/mol. The molecule has 5 heteroatoms. The molecule has 18 heavy (non-hydrogen) atoms. The zero-order chi connectivity index (χ0) is 13.1. The van der Waals surface area contributed by atoms with Gasteiger partial charge in [-0.25, -0.2) is 0 Å². The zero-order valence-electron chi connectivity index (χ0n) is 10.3. The summed E-state index contributed by atoms with van der Waals surface area (Å²) in [5.41, 5.74) is 2.90. The molecule has 2 rings (SSSR count). The van der Waals surface area contributed by atoms with Crippen molar-refractivity contribution in [3.8, 4) is 0 Å². The van der Waals surface area contributed by atoms with E-state index in [0.29, 0.717) is 13.0 Å². The molecule has 2 N–H and O–H groups in total. The molecule has 0 bridgehead atoms. The van der Waals surface area contributed by atoms with E-state index in [0.717, 1.165) is 23.4 Å². The summed E-state index contributed by atoms with van der Waals surface area (Å²) < 4.78 is 0. The maximum Gasteiger partial charge on any atom is 0.303 e. The number of nitrogens with zero attached hydrogens (tertiary/aromatic N) is 1. The van der Waals surface area contributed by atoms with E-state index >= 15 is 0 Å². The van der Waals surface area contributed by atoms with Crippen LogP contribution in [0.15, 0.2) is 18.2 Å². The molecule has 0 aliphatic carbocycles. The second-order valence-electron chi connectivity index (χ2n) is 4.50. The Bertz CT molecular complexity index is 485. The highest BCUT2D eigenvalue weighted by molar-refractivity contribution is 6.01. The van der Waals surface area contributed by atoms with E-state index in [-0.39, 0.29) is 12.3 Å². The average Bonchev–Trinajstić information content (AvgIpc) is 2.29. The Morgan fingerprint density at radius 2 is 2.28 bits per heavy atom. The maximum absolute atomic E-state index is 11.4. The summed E-state index contributed by atoms with van der Waals surface area (Å²) >= 11 is 0. The second kappa shape index (κ2) is 5.08. The van der Waals surface area contributed by atoms with E-state index in [1.807, 2.05) is 30.1 Å². The van der Waals surface area contributed by atoms with Crippen LogP contribution in [-0.4, -0.2) is 30.6 Å². The van der Waals surface area contributed by atoms with Crippen molar-refractivity contribution in [2.24, 2.45) is 0 Å². The molecule has 0 spiro atoms. The van der Waals surface area contributed by atoms with Gasteiger partial charge in [0.05, 0.1) is 17.9 Å². The normalized spacial score (nSPS) is 14.1. The van der Waals surface area contributed by atoms with Gasteiger partial charge in [-0.05, 0) is 30.5 Å². The number of aryl methyl sites for hydroxylation is 1. The first-order valence-corrected chi connectivity index (χ1v) is 5.92. The fourth-order valence-electron chi connectivity index (χ4n) is 2.09. The SMILES string of the molecule is CN1CC(=O)Nc2ccc(CCCC(=O)O)cc21. The number of carboxylic acids is 1. The van der Waals surface area contributed by atoms with Gasteiger partial charge in [0.25, 0.3) is 0 Å². The van der Waals surface area contributed by atoms with Crippen molar-refractivity contribution < 1.29 is 14.7 Å². The third-order valence-corrected chi connectivity index (χ3v) is 2.98. The minimum Gasteiger partial charge on any atom is -0.481 e. The number of aliphatic carboxylic acids is 1. The van der Waals surface area contributed by atoms with Crippen LogP contribution >= 0.6 is 0 Å². The lowest BCUT2D eigenvalue weighted by Crippen LogP contribution is -2.35. The van der Waals surface area contributed by atoms with E-state index in [4.69, 9.17) is 5.11 Å². The predicted octanol–water partition coefficient (Wildman–Crippen LogP) is 1.48. The number of hydrogen-bond donors (Lipinski definition) is 2. The number of carbonyl (C=O) groups is 2. The Labute approximate surface area is 105 Å². The van der Waals surface area contributed by atoms with Crippen molar-refractivity contribution in [3.63, 3.8) is 0 Å². The number of amides is 1. The molecule has 1 aromatic rings. The van der Waals surface area contributed by atoms with E-state index < -0.39 is 5.97 Å². The molecule has 1 aromatic carbocycles. The van der Waals surface area contributed by atoms with Gasteiger partial charge in [-0.15, -0.1) is 0 Å². The van der Waals surface area contributed by atoms with Crippen LogP contribution in [0.3, 0.4) is 0 Å². The molecular formula is C13H16N2O3. The van der Waals surface area contributed by atoms with Gasteiger partial charge < -0.3 is 15.3 Å². The minimum absolute atomic E-state index is 0.0105. The van der Waals surface area contributed by atoms with Gasteiger partial charge in [0.2, 0.25) is 5.91 Å². The van der Waals surface area contributed by atoms with Crippen molar-refractivity contribution in [1.82, 2.24) is 0 Å². The molecule has 96 valence electrons. The number of benzene rings is 1. The topological polar surface area (TPSA) is 69.6 Å². The van der Waals surface area contributed by atoms with Gasteiger partial charge in [0.1, 0.15) is 0 Å². The number of likely N-dealkylation sites (N-methyl/N-ethyl adjacent to an activating group) is 1. The van der Waals surface area contributed by atoms with Crippen molar-refractivity contribution in [2.75, 3.05) is 23.8 Å². The van der Waals surface area contributed by atoms with Crippen LogP contribution in [0, 0.1) is 0 Å². The highest BCUT2D eigenvalue weighted by Gasteiger charge is 2.18. The van der Waals surface area contributed by atoms with Gasteiger partial charge >= 0.3 is 5.97 Å². The molecule has 1 amide bonds. The van der Waals surface area contributed by atoms with E-state index in [9.17, 15) is 9.59 Å². The van der Waals surface area contributed by atoms with Gasteiger partial charge in [0, 0.05) is 13.5 Å². The van der Waals surface area contributed by atoms with Gasteiger partial charge in [-0.3, -0.25) is 9.59 Å². The Morgan fingerprint density at radius 3 is 3.00 bits per heavy atom. The fourth-order valence-corrected chi connectivity index (χ4v) is 2.09. The van der Waals surface area contributed by atoms with Crippen LogP contribution in [0.4, 0.5) is 11.4 Å². The number of rotatable bonds is 4. The van der Waals surface area contributed by atoms with Gasteiger partial charge in [-0.1, -0.05) is 6.07 Å². The first-order chi connectivity index (χ1) is 8.56. The smallest absolute Gasteiger partial charge is 0.303 e. The lowest BCUT2D eigenvalue weighted by atomic mass is 10.1. The van der Waals surface area contributed by atoms with Crippen molar-refractivity contribution in [2.45, 2.75) is 19.3 Å². The number of nitrogens with one attached hydrogen (secondary N) is 1. The molecule has 5 nitrogen and oxygen atoms in total. The third kappa shape index (κ3) is 2.80. The molecule has 0 radical (unpaired) electrons. The van der Waals surface area contributed by atoms with E-state index in [2.05, 4.69) is 5.32 Å². The summed E-state index contributed by atoms with van der Waals surface area (Å²) in [6.45, 7) is 0.353. The fraction of sp³-hybridized carbons (Fsp3) is 0.385. The Hall–Kier alpha value is -2.04. The molecule has 0 saturated heterocycles. The average molecular weight is 248 g/mol. The van der Waals surface area contributed by atoms with Crippen LogP contribution < -0.4 is 10.2 Å². The van der Waals surface area contributed by atoms with Crippen LogP contribution in [0.2, 0.25) is 0 Å². The molecule has 0 unspecified atom stereocenters. The largest absolute Gasteiger partial charge is 0.481 e. The summed E-state index contributed by atoms with van der Waals surface area (Å²) in [5, 5.41) is 11.4. The predicted molar refractivity (Wildman–Crippen MR) is 68.9 cm³/mol. The molecule has 1 aliphatic rings. The summed E-state index contributed by atoms with van der Waals surface area (Å²) in [4.78, 5) is 23.7. The molecule has 0 fully saturated rings. The molecule has 0 aromatic heterocycles. The Balaban J connectivity index is 2.09. The van der Waals surface area contributed by atoms with Crippen LogP contribution in [0.1, 0.15) is 18.4 Å². The molecular weight excluding hydrogens is 232 g/mol. The van der Waals surface area contributed by atoms with Crippen molar-refractivity contribution in [1.29, 1.82) is 0 Å². The molecule has 1 heterocycles.